The molecule has 0 radical (unpaired) electrons. The maximum Gasteiger partial charge on any atom is 0.395 e. The van der Waals surface area contributed by atoms with Gasteiger partial charge in [0.25, 0.3) is 0 Å². The number of H-pyrrole nitrogens is 1. The number of hydrogen-bond acceptors (Lipinski definition) is 4. The predicted molar refractivity (Wildman–Crippen MR) is 124 cm³/mol. The van der Waals surface area contributed by atoms with Crippen LogP contribution in [0.2, 0.25) is 0 Å². The molecule has 2 unspecified atom stereocenters. The molecule has 6 nitrogen and oxygen atoms in total. The molecule has 182 valence electrons. The molecule has 0 bridgehead atoms. The first-order valence-corrected chi connectivity index (χ1v) is 11.4. The van der Waals surface area contributed by atoms with E-state index in [1.165, 1.54) is 6.20 Å². The quantitative estimate of drug-likeness (QED) is 0.484. The number of nitrogens with one attached hydrogen (secondary N) is 1. The summed E-state index contributed by atoms with van der Waals surface area (Å²) >= 11 is 0. The number of nitrogens with two attached hydrogens (primary N) is 1. The van der Waals surface area contributed by atoms with E-state index in [0.717, 1.165) is 16.5 Å². The van der Waals surface area contributed by atoms with Crippen LogP contribution in [0, 0.1) is 18.3 Å². The number of aromatic nitrogens is 3. The van der Waals surface area contributed by atoms with Crippen molar-refractivity contribution in [3.8, 4) is 0 Å². The number of nitrogens with zero attached hydrogens (tertiary/aromatic N) is 3. The number of amides is 1. The van der Waals surface area contributed by atoms with Crippen molar-refractivity contribution in [3.63, 3.8) is 0 Å². The van der Waals surface area contributed by atoms with Crippen LogP contribution < -0.4 is 5.73 Å². The maximum atomic E-state index is 14.3. The third-order valence-corrected chi connectivity index (χ3v) is 7.23. The van der Waals surface area contributed by atoms with Crippen molar-refractivity contribution >= 4 is 16.8 Å². The molecule has 3 aromatic rings. The fourth-order valence-corrected chi connectivity index (χ4v) is 5.18. The van der Waals surface area contributed by atoms with Crippen LogP contribution >= 0.6 is 0 Å². The zero-order valence-corrected chi connectivity index (χ0v) is 19.6. The number of aryl methyl sites for hydroxylation is 1. The largest absolute Gasteiger partial charge is 0.395 e. The fraction of sp³-hybridized carbons (Fsp3) is 0.480. The van der Waals surface area contributed by atoms with E-state index in [1.54, 1.807) is 25.3 Å². The molecule has 4 rings (SSSR count). The molecule has 1 aliphatic rings. The van der Waals surface area contributed by atoms with Gasteiger partial charge in [-0.15, -0.1) is 0 Å². The fourth-order valence-electron chi connectivity index (χ4n) is 5.18. The van der Waals surface area contributed by atoms with Gasteiger partial charge in [0.1, 0.15) is 0 Å². The lowest BCUT2D eigenvalue weighted by molar-refractivity contribution is -0.198. The second kappa shape index (κ2) is 9.02. The molecule has 34 heavy (non-hydrogen) atoms. The van der Waals surface area contributed by atoms with Crippen molar-refractivity contribution in [2.45, 2.75) is 50.7 Å². The number of benzene rings is 1. The van der Waals surface area contributed by atoms with Gasteiger partial charge in [-0.2, -0.15) is 18.3 Å². The van der Waals surface area contributed by atoms with Gasteiger partial charge in [0.15, 0.2) is 0 Å². The Kier molecular flexibility index (Phi) is 6.42. The Morgan fingerprint density at radius 2 is 1.97 bits per heavy atom. The van der Waals surface area contributed by atoms with E-state index in [4.69, 9.17) is 5.73 Å². The zero-order valence-electron chi connectivity index (χ0n) is 19.6. The molecule has 2 heterocycles. The first kappa shape index (κ1) is 24.2. The molecular weight excluding hydrogens is 443 g/mol. The molecule has 1 aliphatic carbocycles. The maximum absolute atomic E-state index is 14.3. The monoisotopic (exact) mass is 473 g/mol. The SMILES string of the molecule is Cc1cc(C(C(C[C@@H](Cc2ccc3[nH]ncc3c2)N(C)C)C(N)=O)C2(C(F)(F)F)CC2)ccn1. The van der Waals surface area contributed by atoms with Gasteiger partial charge in [0, 0.05) is 35.2 Å². The first-order chi connectivity index (χ1) is 16.0. The van der Waals surface area contributed by atoms with E-state index in [2.05, 4.69) is 15.2 Å². The minimum absolute atomic E-state index is 0.00386. The number of halogens is 3. The summed E-state index contributed by atoms with van der Waals surface area (Å²) in [7, 11) is 3.75. The summed E-state index contributed by atoms with van der Waals surface area (Å²) < 4.78 is 43.0. The van der Waals surface area contributed by atoms with Crippen LogP contribution in [-0.2, 0) is 11.2 Å². The minimum Gasteiger partial charge on any atom is -0.369 e. The number of carbonyl (C=O) groups excluding carboxylic acids is 1. The van der Waals surface area contributed by atoms with Gasteiger partial charge >= 0.3 is 6.18 Å². The number of likely N-dealkylation sites (N-methyl/N-ethyl adjacent to an activating group) is 1. The summed E-state index contributed by atoms with van der Waals surface area (Å²) in [5, 5.41) is 7.91. The highest BCUT2D eigenvalue weighted by Crippen LogP contribution is 2.67. The lowest BCUT2D eigenvalue weighted by Crippen LogP contribution is -2.43. The van der Waals surface area contributed by atoms with E-state index in [0.29, 0.717) is 17.7 Å². The number of rotatable bonds is 9. The Morgan fingerprint density at radius 1 is 1.24 bits per heavy atom. The second-order valence-electron chi connectivity index (χ2n) is 9.72. The van der Waals surface area contributed by atoms with E-state index in [1.807, 2.05) is 37.2 Å². The third kappa shape index (κ3) is 4.66. The molecule has 3 atom stereocenters. The number of aromatic amines is 1. The van der Waals surface area contributed by atoms with E-state index in [9.17, 15) is 18.0 Å². The summed E-state index contributed by atoms with van der Waals surface area (Å²) in [6.45, 7) is 1.74. The number of pyridine rings is 1. The van der Waals surface area contributed by atoms with E-state index < -0.39 is 29.3 Å². The summed E-state index contributed by atoms with van der Waals surface area (Å²) in [4.78, 5) is 18.9. The molecule has 0 saturated heterocycles. The van der Waals surface area contributed by atoms with Gasteiger partial charge in [-0.3, -0.25) is 14.9 Å². The summed E-state index contributed by atoms with van der Waals surface area (Å²) in [6, 6.07) is 8.98. The van der Waals surface area contributed by atoms with Gasteiger partial charge in [-0.25, -0.2) is 0 Å². The molecule has 1 aromatic carbocycles. The Bertz CT molecular complexity index is 1170. The Balaban J connectivity index is 1.69. The molecular formula is C25H30F3N5O. The van der Waals surface area contributed by atoms with Gasteiger partial charge in [-0.05, 0) is 82.1 Å². The summed E-state index contributed by atoms with van der Waals surface area (Å²) in [5.41, 5.74) is 6.91. The molecule has 1 saturated carbocycles. The molecule has 0 spiro atoms. The molecule has 0 aliphatic heterocycles. The number of primary amides is 1. The van der Waals surface area contributed by atoms with Crippen LogP contribution in [0.1, 0.15) is 42.0 Å². The number of carbonyl (C=O) groups is 1. The minimum atomic E-state index is -4.43. The summed E-state index contributed by atoms with van der Waals surface area (Å²) in [5.74, 6) is -2.73. The Hall–Kier alpha value is -2.94. The number of fused-ring (bicyclic) bond motifs is 1. The van der Waals surface area contributed by atoms with Crippen LogP contribution in [0.25, 0.3) is 10.9 Å². The Labute approximate surface area is 196 Å². The standard InChI is InChI=1S/C25H30F3N5O/c1-15-10-17(6-9-30-15)22(24(7-8-24)25(26,27)28)20(23(29)34)13-19(33(2)3)12-16-4-5-21-18(11-16)14-31-32-21/h4-6,9-11,14,19-20,22H,7-8,12-13H2,1-3H3,(H2,29,34)(H,31,32)/t19-,20?,22?/m1/s1. The highest BCUT2D eigenvalue weighted by atomic mass is 19.4. The van der Waals surface area contributed by atoms with Crippen molar-refractivity contribution in [1.82, 2.24) is 20.1 Å². The number of hydrogen-bond donors (Lipinski definition) is 2. The summed E-state index contributed by atoms with van der Waals surface area (Å²) in [6.07, 6.45) is -0.410. The highest BCUT2D eigenvalue weighted by Gasteiger charge is 2.69. The van der Waals surface area contributed by atoms with E-state index >= 15 is 0 Å². The van der Waals surface area contributed by atoms with Crippen molar-refractivity contribution in [3.05, 3.63) is 59.5 Å². The lowest BCUT2D eigenvalue weighted by atomic mass is 9.71. The van der Waals surface area contributed by atoms with Crippen molar-refractivity contribution in [1.29, 1.82) is 0 Å². The van der Waals surface area contributed by atoms with Crippen LogP contribution in [0.4, 0.5) is 13.2 Å². The molecule has 3 N–H and O–H groups in total. The smallest absolute Gasteiger partial charge is 0.369 e. The highest BCUT2D eigenvalue weighted by molar-refractivity contribution is 5.79. The molecule has 1 amide bonds. The molecule has 9 heteroatoms. The number of alkyl halides is 3. The lowest BCUT2D eigenvalue weighted by Gasteiger charge is -2.37. The van der Waals surface area contributed by atoms with Crippen LogP contribution in [0.15, 0.2) is 42.7 Å². The van der Waals surface area contributed by atoms with Gasteiger partial charge in [-0.1, -0.05) is 6.07 Å². The Morgan fingerprint density at radius 3 is 2.56 bits per heavy atom. The van der Waals surface area contributed by atoms with Gasteiger partial charge < -0.3 is 10.6 Å². The first-order valence-electron chi connectivity index (χ1n) is 11.4. The third-order valence-electron chi connectivity index (χ3n) is 7.23. The molecule has 2 aromatic heterocycles. The second-order valence-corrected chi connectivity index (χ2v) is 9.72. The van der Waals surface area contributed by atoms with Crippen molar-refractivity contribution < 1.29 is 18.0 Å². The van der Waals surface area contributed by atoms with Gasteiger partial charge in [0.2, 0.25) is 5.91 Å². The molecule has 1 fully saturated rings. The normalized spacial score (nSPS) is 18.1. The van der Waals surface area contributed by atoms with Crippen molar-refractivity contribution in [2.75, 3.05) is 14.1 Å². The average Bonchev–Trinajstić information content (AvgIpc) is 3.43. The predicted octanol–water partition coefficient (Wildman–Crippen LogP) is 4.36. The zero-order chi connectivity index (χ0) is 24.7. The topological polar surface area (TPSA) is 87.9 Å². The van der Waals surface area contributed by atoms with Gasteiger partial charge in [0.05, 0.1) is 17.1 Å². The average molecular weight is 474 g/mol. The van der Waals surface area contributed by atoms with Crippen LogP contribution in [-0.4, -0.2) is 52.3 Å². The van der Waals surface area contributed by atoms with Crippen molar-refractivity contribution in [2.24, 2.45) is 17.1 Å². The van der Waals surface area contributed by atoms with E-state index in [-0.39, 0.29) is 25.3 Å². The van der Waals surface area contributed by atoms with Crippen LogP contribution in [0.5, 0.6) is 0 Å². The van der Waals surface area contributed by atoms with Crippen LogP contribution in [0.3, 0.4) is 0 Å².